The summed E-state index contributed by atoms with van der Waals surface area (Å²) >= 11 is 8.88. The normalized spacial score (nSPS) is 8.69. The molecule has 0 unspecified atom stereocenters. The number of rotatable bonds is 1. The summed E-state index contributed by atoms with van der Waals surface area (Å²) in [6, 6.07) is 4.81. The molecule has 0 aromatic heterocycles. The average Bonchev–Trinajstić information content (AvgIpc) is 2.11. The summed E-state index contributed by atoms with van der Waals surface area (Å²) in [4.78, 5) is 13.3. The van der Waals surface area contributed by atoms with Gasteiger partial charge in [0, 0.05) is 4.47 Å². The smallest absolute Gasteiger partial charge is 0.211 e. The van der Waals surface area contributed by atoms with E-state index in [9.17, 15) is 4.79 Å². The second-order valence-electron chi connectivity index (χ2n) is 2.10. The number of benzene rings is 1. The Labute approximate surface area is 87.8 Å². The molecule has 0 radical (unpaired) electrons. The zero-order valence-corrected chi connectivity index (χ0v) is 8.56. The number of aliphatic imine (C=N–C) groups is 1. The van der Waals surface area contributed by atoms with E-state index in [0.717, 1.165) is 0 Å². The van der Waals surface area contributed by atoms with Gasteiger partial charge in [-0.05, 0) is 28.1 Å². The molecule has 5 heteroatoms. The molecule has 0 aliphatic heterocycles. The third-order valence-corrected chi connectivity index (χ3v) is 2.52. The van der Waals surface area contributed by atoms with E-state index in [-0.39, 0.29) is 11.3 Å². The lowest BCUT2D eigenvalue weighted by Crippen LogP contribution is -1.78. The van der Waals surface area contributed by atoms with Crippen LogP contribution in [0.15, 0.2) is 21.6 Å². The number of halogens is 2. The van der Waals surface area contributed by atoms with Crippen LogP contribution in [-0.4, -0.2) is 6.08 Å². The summed E-state index contributed by atoms with van der Waals surface area (Å²) in [7, 11) is 0. The van der Waals surface area contributed by atoms with Crippen molar-refractivity contribution >= 4 is 39.3 Å². The van der Waals surface area contributed by atoms with E-state index in [1.807, 2.05) is 6.07 Å². The van der Waals surface area contributed by atoms with Crippen molar-refractivity contribution in [3.05, 3.63) is 27.2 Å². The van der Waals surface area contributed by atoms with Gasteiger partial charge in [-0.1, -0.05) is 11.6 Å². The molecule has 0 saturated carbocycles. The molecule has 0 atom stereocenters. The predicted octanol–water partition coefficient (Wildman–Crippen LogP) is 2.94. The lowest BCUT2D eigenvalue weighted by molar-refractivity contribution is 0.565. The molecule has 13 heavy (non-hydrogen) atoms. The molecule has 0 fully saturated rings. The van der Waals surface area contributed by atoms with E-state index in [0.29, 0.717) is 9.50 Å². The first-order valence-corrected chi connectivity index (χ1v) is 4.33. The maximum Gasteiger partial charge on any atom is 0.240 e. The SMILES string of the molecule is N#Cc1cc(Br)c(Cl)cc1N=C=O. The van der Waals surface area contributed by atoms with Crippen LogP contribution in [0, 0.1) is 11.3 Å². The van der Waals surface area contributed by atoms with Gasteiger partial charge in [-0.2, -0.15) is 10.3 Å². The number of isocyanates is 1. The van der Waals surface area contributed by atoms with Crippen LogP contribution in [0.1, 0.15) is 5.56 Å². The van der Waals surface area contributed by atoms with Crippen molar-refractivity contribution in [3.8, 4) is 6.07 Å². The first-order chi connectivity index (χ1) is 6.19. The van der Waals surface area contributed by atoms with Crippen LogP contribution in [0.5, 0.6) is 0 Å². The number of nitrogens with zero attached hydrogens (tertiary/aromatic N) is 2. The molecular formula is C8H2BrClN2O. The van der Waals surface area contributed by atoms with Crippen LogP contribution in [0.2, 0.25) is 5.02 Å². The fourth-order valence-electron chi connectivity index (χ4n) is 0.768. The van der Waals surface area contributed by atoms with Crippen molar-refractivity contribution in [2.75, 3.05) is 0 Å². The second-order valence-corrected chi connectivity index (χ2v) is 3.36. The minimum Gasteiger partial charge on any atom is -0.211 e. The largest absolute Gasteiger partial charge is 0.240 e. The van der Waals surface area contributed by atoms with Crippen LogP contribution in [0.4, 0.5) is 5.69 Å². The van der Waals surface area contributed by atoms with Gasteiger partial charge in [0.15, 0.2) is 0 Å². The van der Waals surface area contributed by atoms with Crippen LogP contribution < -0.4 is 0 Å². The van der Waals surface area contributed by atoms with Crippen LogP contribution in [0.25, 0.3) is 0 Å². The van der Waals surface area contributed by atoms with E-state index >= 15 is 0 Å². The zero-order valence-electron chi connectivity index (χ0n) is 6.21. The quantitative estimate of drug-likeness (QED) is 0.574. The molecule has 1 rings (SSSR count). The second kappa shape index (κ2) is 4.20. The maximum absolute atomic E-state index is 9.98. The highest BCUT2D eigenvalue weighted by Crippen LogP contribution is 2.30. The van der Waals surface area contributed by atoms with Gasteiger partial charge in [0.1, 0.15) is 6.07 Å². The summed E-state index contributed by atoms with van der Waals surface area (Å²) < 4.78 is 0.593. The lowest BCUT2D eigenvalue weighted by atomic mass is 10.2. The minimum absolute atomic E-state index is 0.228. The number of hydrogen-bond donors (Lipinski definition) is 0. The summed E-state index contributed by atoms with van der Waals surface area (Å²) in [6.45, 7) is 0. The first kappa shape index (κ1) is 9.94. The van der Waals surface area contributed by atoms with Crippen molar-refractivity contribution in [1.82, 2.24) is 0 Å². The highest BCUT2D eigenvalue weighted by molar-refractivity contribution is 9.10. The van der Waals surface area contributed by atoms with Crippen molar-refractivity contribution in [1.29, 1.82) is 5.26 Å². The van der Waals surface area contributed by atoms with Gasteiger partial charge in [0.05, 0.1) is 16.3 Å². The van der Waals surface area contributed by atoms with Gasteiger partial charge in [0.25, 0.3) is 0 Å². The summed E-state index contributed by atoms with van der Waals surface area (Å²) in [5.74, 6) is 0. The summed E-state index contributed by atoms with van der Waals surface area (Å²) in [5, 5.41) is 9.05. The number of hydrogen-bond acceptors (Lipinski definition) is 3. The van der Waals surface area contributed by atoms with Gasteiger partial charge < -0.3 is 0 Å². The van der Waals surface area contributed by atoms with Crippen molar-refractivity contribution in [2.45, 2.75) is 0 Å². The van der Waals surface area contributed by atoms with Gasteiger partial charge >= 0.3 is 0 Å². The third kappa shape index (κ3) is 2.16. The van der Waals surface area contributed by atoms with Crippen molar-refractivity contribution in [2.24, 2.45) is 4.99 Å². The minimum atomic E-state index is 0.228. The molecule has 0 aliphatic carbocycles. The average molecular weight is 257 g/mol. The zero-order chi connectivity index (χ0) is 9.84. The third-order valence-electron chi connectivity index (χ3n) is 1.33. The Morgan fingerprint density at radius 3 is 2.77 bits per heavy atom. The Hall–Kier alpha value is -1.14. The van der Waals surface area contributed by atoms with E-state index in [2.05, 4.69) is 20.9 Å². The van der Waals surface area contributed by atoms with Crippen LogP contribution in [0.3, 0.4) is 0 Å². The Morgan fingerprint density at radius 2 is 2.23 bits per heavy atom. The molecular weight excluding hydrogens is 255 g/mol. The number of nitriles is 1. The molecule has 1 aromatic carbocycles. The number of carbonyl (C=O) groups excluding carboxylic acids is 1. The standard InChI is InChI=1S/C8H2BrClN2O/c9-6-1-5(3-11)8(12-4-13)2-7(6)10/h1-2H. The summed E-state index contributed by atoms with van der Waals surface area (Å²) in [5.41, 5.74) is 0.505. The lowest BCUT2D eigenvalue weighted by Gasteiger charge is -1.98. The molecule has 64 valence electrons. The molecule has 3 nitrogen and oxygen atoms in total. The van der Waals surface area contributed by atoms with Gasteiger partial charge in [-0.25, -0.2) is 4.79 Å². The monoisotopic (exact) mass is 256 g/mol. The van der Waals surface area contributed by atoms with Crippen LogP contribution in [-0.2, 0) is 4.79 Å². The van der Waals surface area contributed by atoms with E-state index in [4.69, 9.17) is 16.9 Å². The maximum atomic E-state index is 9.98. The first-order valence-electron chi connectivity index (χ1n) is 3.16. The fourth-order valence-corrected chi connectivity index (χ4v) is 1.27. The summed E-state index contributed by atoms with van der Waals surface area (Å²) in [6.07, 6.45) is 1.36. The molecule has 0 N–H and O–H groups in total. The Balaban J connectivity index is 3.43. The van der Waals surface area contributed by atoms with Gasteiger partial charge in [-0.3, -0.25) is 0 Å². The van der Waals surface area contributed by atoms with E-state index < -0.39 is 0 Å². The predicted molar refractivity (Wildman–Crippen MR) is 51.6 cm³/mol. The van der Waals surface area contributed by atoms with E-state index in [1.165, 1.54) is 18.2 Å². The Bertz CT molecular complexity index is 433. The fraction of sp³-hybridized carbons (Fsp3) is 0. The molecule has 0 amide bonds. The van der Waals surface area contributed by atoms with Crippen molar-refractivity contribution in [3.63, 3.8) is 0 Å². The van der Waals surface area contributed by atoms with Crippen LogP contribution >= 0.6 is 27.5 Å². The van der Waals surface area contributed by atoms with Gasteiger partial charge in [-0.15, -0.1) is 0 Å². The molecule has 0 spiro atoms. The molecule has 0 bridgehead atoms. The molecule has 0 heterocycles. The molecule has 1 aromatic rings. The topological polar surface area (TPSA) is 53.2 Å². The van der Waals surface area contributed by atoms with Gasteiger partial charge in [0.2, 0.25) is 6.08 Å². The Morgan fingerprint density at radius 1 is 1.54 bits per heavy atom. The highest BCUT2D eigenvalue weighted by Gasteiger charge is 2.05. The van der Waals surface area contributed by atoms with E-state index in [1.54, 1.807) is 0 Å². The van der Waals surface area contributed by atoms with Crippen molar-refractivity contribution < 1.29 is 4.79 Å². The molecule has 0 saturated heterocycles. The Kier molecular flexibility index (Phi) is 3.21. The highest BCUT2D eigenvalue weighted by atomic mass is 79.9. The molecule has 0 aliphatic rings.